The molecule has 0 radical (unpaired) electrons. The third kappa shape index (κ3) is 4.33. The molecular formula is C16H22N2O5S. The second kappa shape index (κ2) is 7.76. The van der Waals surface area contributed by atoms with Crippen LogP contribution in [0.5, 0.6) is 0 Å². The number of rotatable bonds is 6. The van der Waals surface area contributed by atoms with Crippen LogP contribution in [0.1, 0.15) is 19.8 Å². The van der Waals surface area contributed by atoms with E-state index in [1.54, 1.807) is 37.3 Å². The fraction of sp³-hybridized carbons (Fsp3) is 0.500. The van der Waals surface area contributed by atoms with Crippen LogP contribution in [0.2, 0.25) is 0 Å². The normalized spacial score (nSPS) is 19.0. The van der Waals surface area contributed by atoms with E-state index in [1.165, 1.54) is 9.21 Å². The molecule has 1 amide bonds. The number of carboxylic acids is 1. The van der Waals surface area contributed by atoms with Gasteiger partial charge in [0.05, 0.1) is 11.7 Å². The fourth-order valence-corrected chi connectivity index (χ4v) is 4.02. The molecule has 0 aliphatic carbocycles. The van der Waals surface area contributed by atoms with Gasteiger partial charge in [-0.05, 0) is 31.9 Å². The lowest BCUT2D eigenvalue weighted by Crippen LogP contribution is -2.48. The minimum atomic E-state index is -3.35. The maximum absolute atomic E-state index is 12.8. The van der Waals surface area contributed by atoms with E-state index in [1.807, 2.05) is 0 Å². The Kier molecular flexibility index (Phi) is 5.95. The van der Waals surface area contributed by atoms with E-state index < -0.39 is 28.5 Å². The molecule has 1 heterocycles. The van der Waals surface area contributed by atoms with Gasteiger partial charge in [-0.3, -0.25) is 9.59 Å². The minimum absolute atomic E-state index is 0.00850. The van der Waals surface area contributed by atoms with Crippen LogP contribution in [0.3, 0.4) is 0 Å². The monoisotopic (exact) mass is 354 g/mol. The van der Waals surface area contributed by atoms with Crippen molar-refractivity contribution in [3.05, 3.63) is 30.3 Å². The first-order chi connectivity index (χ1) is 11.3. The summed E-state index contributed by atoms with van der Waals surface area (Å²) >= 11 is 0. The van der Waals surface area contributed by atoms with E-state index in [2.05, 4.69) is 0 Å². The standard InChI is InChI=1S/C16H22N2O5S/c1-2-24(22,23)17-10-6-7-13(11-17)16(21)18(12-15(19)20)14-8-4-3-5-9-14/h3-5,8-9,13H,2,6-7,10-12H2,1H3,(H,19,20). The summed E-state index contributed by atoms with van der Waals surface area (Å²) in [6.07, 6.45) is 1.14. The number of piperidine rings is 1. The van der Waals surface area contributed by atoms with Gasteiger partial charge >= 0.3 is 5.97 Å². The Morgan fingerprint density at radius 2 is 1.96 bits per heavy atom. The number of hydrogen-bond donors (Lipinski definition) is 1. The summed E-state index contributed by atoms with van der Waals surface area (Å²) in [5.74, 6) is -1.99. The quantitative estimate of drug-likeness (QED) is 0.827. The third-order valence-electron chi connectivity index (χ3n) is 4.12. The Balaban J connectivity index is 2.21. The van der Waals surface area contributed by atoms with Crippen molar-refractivity contribution >= 4 is 27.6 Å². The van der Waals surface area contributed by atoms with E-state index in [0.29, 0.717) is 25.1 Å². The number of aliphatic carboxylic acids is 1. The lowest BCUT2D eigenvalue weighted by molar-refractivity contribution is -0.137. The summed E-state index contributed by atoms with van der Waals surface area (Å²) < 4.78 is 25.4. The zero-order valence-electron chi connectivity index (χ0n) is 13.6. The third-order valence-corrected chi connectivity index (χ3v) is 5.97. The van der Waals surface area contributed by atoms with Crippen molar-refractivity contribution in [3.8, 4) is 0 Å². The highest BCUT2D eigenvalue weighted by molar-refractivity contribution is 7.89. The van der Waals surface area contributed by atoms with Crippen LogP contribution in [0.15, 0.2) is 30.3 Å². The molecule has 2 rings (SSSR count). The van der Waals surface area contributed by atoms with Crippen LogP contribution in [0.4, 0.5) is 5.69 Å². The molecule has 1 aromatic carbocycles. The van der Waals surface area contributed by atoms with Crippen LogP contribution in [0, 0.1) is 5.92 Å². The van der Waals surface area contributed by atoms with Gasteiger partial charge in [0.1, 0.15) is 6.54 Å². The minimum Gasteiger partial charge on any atom is -0.480 e. The Morgan fingerprint density at radius 1 is 1.29 bits per heavy atom. The van der Waals surface area contributed by atoms with Gasteiger partial charge in [0.15, 0.2) is 0 Å². The van der Waals surface area contributed by atoms with Crippen LogP contribution in [-0.4, -0.2) is 55.1 Å². The first kappa shape index (κ1) is 18.4. The molecule has 1 unspecified atom stereocenters. The molecule has 0 saturated carbocycles. The molecule has 1 saturated heterocycles. The smallest absolute Gasteiger partial charge is 0.323 e. The number of anilines is 1. The Hall–Kier alpha value is -1.93. The molecule has 8 heteroatoms. The molecule has 0 aromatic heterocycles. The number of sulfonamides is 1. The molecular weight excluding hydrogens is 332 g/mol. The van der Waals surface area contributed by atoms with Crippen LogP contribution in [-0.2, 0) is 19.6 Å². The average molecular weight is 354 g/mol. The number of para-hydroxylation sites is 1. The van der Waals surface area contributed by atoms with E-state index >= 15 is 0 Å². The highest BCUT2D eigenvalue weighted by Gasteiger charge is 2.34. The summed E-state index contributed by atoms with van der Waals surface area (Å²) in [6.45, 7) is 1.64. The molecule has 0 bridgehead atoms. The predicted molar refractivity (Wildman–Crippen MR) is 90.2 cm³/mol. The first-order valence-electron chi connectivity index (χ1n) is 7.91. The number of benzene rings is 1. The number of hydrogen-bond acceptors (Lipinski definition) is 4. The number of carboxylic acid groups (broad SMARTS) is 1. The van der Waals surface area contributed by atoms with E-state index in [0.717, 1.165) is 0 Å². The van der Waals surface area contributed by atoms with Gasteiger partial charge in [-0.25, -0.2) is 12.7 Å². The van der Waals surface area contributed by atoms with Crippen LogP contribution >= 0.6 is 0 Å². The van der Waals surface area contributed by atoms with Gasteiger partial charge in [0.25, 0.3) is 0 Å². The van der Waals surface area contributed by atoms with Crippen LogP contribution < -0.4 is 4.90 Å². The van der Waals surface area contributed by atoms with E-state index in [4.69, 9.17) is 5.11 Å². The van der Waals surface area contributed by atoms with Gasteiger partial charge in [0.2, 0.25) is 15.9 Å². The van der Waals surface area contributed by atoms with Gasteiger partial charge in [-0.15, -0.1) is 0 Å². The summed E-state index contributed by atoms with van der Waals surface area (Å²) in [4.78, 5) is 25.2. The van der Waals surface area contributed by atoms with E-state index in [-0.39, 0.29) is 18.2 Å². The number of carbonyl (C=O) groups excluding carboxylic acids is 1. The molecule has 1 aliphatic heterocycles. The summed E-state index contributed by atoms with van der Waals surface area (Å²) in [5.41, 5.74) is 0.500. The second-order valence-corrected chi connectivity index (χ2v) is 8.01. The molecule has 1 aliphatic rings. The highest BCUT2D eigenvalue weighted by atomic mass is 32.2. The Labute approximate surface area is 141 Å². The molecule has 1 aromatic rings. The van der Waals surface area contributed by atoms with Gasteiger partial charge < -0.3 is 10.0 Å². The average Bonchev–Trinajstić information content (AvgIpc) is 2.60. The van der Waals surface area contributed by atoms with E-state index in [9.17, 15) is 18.0 Å². The van der Waals surface area contributed by atoms with Gasteiger partial charge in [-0.2, -0.15) is 0 Å². The largest absolute Gasteiger partial charge is 0.480 e. The Bertz CT molecular complexity index is 690. The summed E-state index contributed by atoms with van der Waals surface area (Å²) in [7, 11) is -3.35. The Morgan fingerprint density at radius 3 is 2.54 bits per heavy atom. The van der Waals surface area contributed by atoms with Crippen LogP contribution in [0.25, 0.3) is 0 Å². The zero-order chi connectivity index (χ0) is 17.7. The SMILES string of the molecule is CCS(=O)(=O)N1CCCC(C(=O)N(CC(=O)O)c2ccccc2)C1. The fourth-order valence-electron chi connectivity index (χ4n) is 2.84. The van der Waals surface area contributed by atoms with Crippen molar-refractivity contribution in [1.29, 1.82) is 0 Å². The maximum atomic E-state index is 12.8. The van der Waals surface area contributed by atoms with Gasteiger partial charge in [0, 0.05) is 18.8 Å². The molecule has 1 atom stereocenters. The molecule has 132 valence electrons. The summed E-state index contributed by atoms with van der Waals surface area (Å²) in [6, 6.07) is 8.58. The van der Waals surface area contributed by atoms with Crippen molar-refractivity contribution in [2.45, 2.75) is 19.8 Å². The van der Waals surface area contributed by atoms with Crippen molar-refractivity contribution in [3.63, 3.8) is 0 Å². The predicted octanol–water partition coefficient (Wildman–Crippen LogP) is 1.17. The van der Waals surface area contributed by atoms with Crippen molar-refractivity contribution < 1.29 is 23.1 Å². The summed E-state index contributed by atoms with van der Waals surface area (Å²) in [5, 5.41) is 9.11. The highest BCUT2D eigenvalue weighted by Crippen LogP contribution is 2.24. The number of nitrogens with zero attached hydrogens (tertiary/aromatic N) is 2. The first-order valence-corrected chi connectivity index (χ1v) is 9.52. The lowest BCUT2D eigenvalue weighted by atomic mass is 9.97. The van der Waals surface area contributed by atoms with Crippen molar-refractivity contribution in [1.82, 2.24) is 4.31 Å². The maximum Gasteiger partial charge on any atom is 0.323 e. The molecule has 0 spiro atoms. The molecule has 7 nitrogen and oxygen atoms in total. The molecule has 1 fully saturated rings. The van der Waals surface area contributed by atoms with Gasteiger partial charge in [-0.1, -0.05) is 18.2 Å². The van der Waals surface area contributed by atoms with Crippen molar-refractivity contribution in [2.24, 2.45) is 5.92 Å². The molecule has 24 heavy (non-hydrogen) atoms. The molecule has 1 N–H and O–H groups in total. The number of carbonyl (C=O) groups is 2. The van der Waals surface area contributed by atoms with Crippen molar-refractivity contribution in [2.75, 3.05) is 30.3 Å². The number of amides is 1. The lowest BCUT2D eigenvalue weighted by Gasteiger charge is -2.33. The zero-order valence-corrected chi connectivity index (χ0v) is 14.4. The topological polar surface area (TPSA) is 95.0 Å². The second-order valence-electron chi connectivity index (χ2n) is 5.75.